The van der Waals surface area contributed by atoms with Crippen molar-refractivity contribution in [2.45, 2.75) is 20.3 Å². The third-order valence-corrected chi connectivity index (χ3v) is 4.36. The summed E-state index contributed by atoms with van der Waals surface area (Å²) in [6.45, 7) is 4.75. The van der Waals surface area contributed by atoms with Gasteiger partial charge in [0, 0.05) is 6.08 Å². The summed E-state index contributed by atoms with van der Waals surface area (Å²) < 4.78 is 5.21. The average Bonchev–Trinajstić information content (AvgIpc) is 3.09. The number of hydrogen-bond acceptors (Lipinski definition) is 5. The molecule has 0 unspecified atom stereocenters. The first-order valence-electron chi connectivity index (χ1n) is 7.82. The molecule has 1 aliphatic carbocycles. The Labute approximate surface area is 145 Å². The van der Waals surface area contributed by atoms with Crippen molar-refractivity contribution in [3.63, 3.8) is 0 Å². The summed E-state index contributed by atoms with van der Waals surface area (Å²) in [7, 11) is 0. The van der Waals surface area contributed by atoms with Crippen LogP contribution in [0.3, 0.4) is 0 Å². The van der Waals surface area contributed by atoms with E-state index in [-0.39, 0.29) is 11.6 Å². The minimum atomic E-state index is -0.166. The van der Waals surface area contributed by atoms with Crippen LogP contribution in [-0.2, 0) is 0 Å². The van der Waals surface area contributed by atoms with E-state index in [1.807, 2.05) is 44.2 Å². The maximum atomic E-state index is 11.8. The minimum Gasteiger partial charge on any atom is -0.494 e. The molecule has 1 aliphatic rings. The number of nitrogens with zero attached hydrogens (tertiary/aromatic N) is 1. The third kappa shape index (κ3) is 4.58. The molecule has 0 aliphatic heterocycles. The summed E-state index contributed by atoms with van der Waals surface area (Å²) in [5, 5.41) is 6.25. The van der Waals surface area contributed by atoms with Crippen LogP contribution in [0.4, 0.5) is 0 Å². The summed E-state index contributed by atoms with van der Waals surface area (Å²) in [5.74, 6) is 1.52. The van der Waals surface area contributed by atoms with Crippen LogP contribution in [0.2, 0.25) is 0 Å². The van der Waals surface area contributed by atoms with E-state index in [0.29, 0.717) is 16.2 Å². The molecule has 0 spiro atoms. The second-order valence-electron chi connectivity index (χ2n) is 4.96. The van der Waals surface area contributed by atoms with Crippen molar-refractivity contribution in [2.75, 3.05) is 12.4 Å². The number of fused-ring (bicyclic) bond motifs is 1. The third-order valence-electron chi connectivity index (χ3n) is 3.13. The molecule has 0 fully saturated rings. The standard InChI is InChI=1S/C10H10N2O2S.C8H10O/c1-2-3-15-8-4-7(13)9-6(10(8)14)5-11-12-9;1-2-9-8-6-4-3-5-7-8/h4-5H,2-3H2,1H3,(H,11,12);3-7H,2H2,1H3. The number of aromatic amines is 1. The molecule has 5 nitrogen and oxygen atoms in total. The number of H-pyrrole nitrogens is 1. The van der Waals surface area contributed by atoms with Crippen LogP contribution in [0.5, 0.6) is 5.75 Å². The SMILES string of the molecule is CCCSC1=CC(=O)c2[nH]ncc2C1=O.CCOc1ccccc1. The van der Waals surface area contributed by atoms with Crippen LogP contribution in [0.25, 0.3) is 0 Å². The van der Waals surface area contributed by atoms with Crippen LogP contribution in [0.1, 0.15) is 41.1 Å². The van der Waals surface area contributed by atoms with E-state index in [1.165, 1.54) is 24.0 Å². The van der Waals surface area contributed by atoms with Crippen molar-refractivity contribution >= 4 is 23.3 Å². The molecule has 6 heteroatoms. The van der Waals surface area contributed by atoms with Gasteiger partial charge in [0.05, 0.1) is 23.3 Å². The molecule has 0 radical (unpaired) electrons. The minimum absolute atomic E-state index is 0.100. The van der Waals surface area contributed by atoms with Gasteiger partial charge in [-0.3, -0.25) is 14.7 Å². The molecule has 0 saturated heterocycles. The molecule has 1 heterocycles. The van der Waals surface area contributed by atoms with Crippen molar-refractivity contribution in [1.82, 2.24) is 10.2 Å². The van der Waals surface area contributed by atoms with Gasteiger partial charge in [-0.05, 0) is 31.2 Å². The van der Waals surface area contributed by atoms with Crippen LogP contribution in [0, 0.1) is 0 Å². The normalized spacial score (nSPS) is 12.8. The first-order chi connectivity index (χ1) is 11.7. The van der Waals surface area contributed by atoms with Gasteiger partial charge < -0.3 is 4.74 Å². The van der Waals surface area contributed by atoms with Crippen molar-refractivity contribution in [3.05, 3.63) is 58.8 Å². The Morgan fingerprint density at radius 1 is 1.17 bits per heavy atom. The zero-order valence-electron chi connectivity index (χ0n) is 13.7. The van der Waals surface area contributed by atoms with Gasteiger partial charge >= 0.3 is 0 Å². The lowest BCUT2D eigenvalue weighted by atomic mass is 10.0. The predicted molar refractivity (Wildman–Crippen MR) is 95.7 cm³/mol. The van der Waals surface area contributed by atoms with Gasteiger partial charge in [0.2, 0.25) is 11.6 Å². The van der Waals surface area contributed by atoms with Crippen LogP contribution in [-0.4, -0.2) is 34.1 Å². The van der Waals surface area contributed by atoms with E-state index in [4.69, 9.17) is 4.74 Å². The van der Waals surface area contributed by atoms with E-state index >= 15 is 0 Å². The van der Waals surface area contributed by atoms with E-state index in [0.717, 1.165) is 24.5 Å². The van der Waals surface area contributed by atoms with Gasteiger partial charge in [0.15, 0.2) is 0 Å². The van der Waals surface area contributed by atoms with Gasteiger partial charge in [0.1, 0.15) is 11.4 Å². The highest BCUT2D eigenvalue weighted by Crippen LogP contribution is 2.27. The molecule has 24 heavy (non-hydrogen) atoms. The number of ketones is 2. The first-order valence-corrected chi connectivity index (χ1v) is 8.80. The molecule has 126 valence electrons. The Hall–Kier alpha value is -2.34. The summed E-state index contributed by atoms with van der Waals surface area (Å²) >= 11 is 1.43. The van der Waals surface area contributed by atoms with E-state index < -0.39 is 0 Å². The number of carbonyl (C=O) groups is 2. The monoisotopic (exact) mass is 344 g/mol. The highest BCUT2D eigenvalue weighted by Gasteiger charge is 2.27. The Morgan fingerprint density at radius 3 is 2.58 bits per heavy atom. The maximum absolute atomic E-state index is 11.8. The number of carbonyl (C=O) groups excluding carboxylic acids is 2. The van der Waals surface area contributed by atoms with Crippen molar-refractivity contribution < 1.29 is 14.3 Å². The lowest BCUT2D eigenvalue weighted by Crippen LogP contribution is -2.14. The molecule has 3 rings (SSSR count). The Kier molecular flexibility index (Phi) is 6.81. The largest absolute Gasteiger partial charge is 0.494 e. The number of Topliss-reactive ketones (excluding diaryl/α,β-unsaturated/α-hetero) is 1. The Morgan fingerprint density at radius 2 is 1.92 bits per heavy atom. The van der Waals surface area contributed by atoms with Gasteiger partial charge in [-0.1, -0.05) is 25.1 Å². The Balaban J connectivity index is 0.000000198. The van der Waals surface area contributed by atoms with Gasteiger partial charge in [-0.15, -0.1) is 11.8 Å². The fourth-order valence-electron chi connectivity index (χ4n) is 2.04. The predicted octanol–water partition coefficient (Wildman–Crippen LogP) is 3.90. The molecule has 1 aromatic heterocycles. The fourth-order valence-corrected chi connectivity index (χ4v) is 2.89. The fraction of sp³-hybridized carbons (Fsp3) is 0.278. The number of benzene rings is 1. The second-order valence-corrected chi connectivity index (χ2v) is 6.09. The number of nitrogens with one attached hydrogen (secondary N) is 1. The Bertz CT molecular complexity index is 723. The quantitative estimate of drug-likeness (QED) is 0.890. The number of hydrogen-bond donors (Lipinski definition) is 1. The van der Waals surface area contributed by atoms with Gasteiger partial charge in [-0.25, -0.2) is 0 Å². The molecular formula is C18H20N2O3S. The number of allylic oxidation sites excluding steroid dienone is 2. The van der Waals surface area contributed by atoms with Gasteiger partial charge in [-0.2, -0.15) is 5.10 Å². The number of rotatable bonds is 5. The number of aromatic nitrogens is 2. The highest BCUT2D eigenvalue weighted by atomic mass is 32.2. The molecule has 2 aromatic rings. The van der Waals surface area contributed by atoms with Crippen molar-refractivity contribution in [1.29, 1.82) is 0 Å². The molecule has 0 saturated carbocycles. The summed E-state index contributed by atoms with van der Waals surface area (Å²) in [5.41, 5.74) is 0.696. The first kappa shape index (κ1) is 18.0. The second kappa shape index (κ2) is 9.08. The zero-order chi connectivity index (χ0) is 17.4. The number of para-hydroxylation sites is 1. The average molecular weight is 344 g/mol. The van der Waals surface area contributed by atoms with Crippen molar-refractivity contribution in [2.24, 2.45) is 0 Å². The van der Waals surface area contributed by atoms with Crippen LogP contribution in [0.15, 0.2) is 47.5 Å². The highest BCUT2D eigenvalue weighted by molar-refractivity contribution is 8.04. The van der Waals surface area contributed by atoms with E-state index in [1.54, 1.807) is 0 Å². The van der Waals surface area contributed by atoms with Crippen molar-refractivity contribution in [3.8, 4) is 5.75 Å². The molecule has 1 N–H and O–H groups in total. The number of thioether (sulfide) groups is 1. The molecule has 1 aromatic carbocycles. The lowest BCUT2D eigenvalue weighted by Gasteiger charge is -2.09. The summed E-state index contributed by atoms with van der Waals surface area (Å²) in [6, 6.07) is 9.80. The smallest absolute Gasteiger partial charge is 0.205 e. The molecule has 0 amide bonds. The zero-order valence-corrected chi connectivity index (χ0v) is 14.6. The molecular weight excluding hydrogens is 324 g/mol. The molecule has 0 atom stereocenters. The van der Waals surface area contributed by atoms with Crippen LogP contribution < -0.4 is 4.74 Å². The molecule has 0 bridgehead atoms. The van der Waals surface area contributed by atoms with E-state index in [2.05, 4.69) is 10.2 Å². The lowest BCUT2D eigenvalue weighted by molar-refractivity contribution is 0.0989. The summed E-state index contributed by atoms with van der Waals surface area (Å²) in [4.78, 5) is 23.9. The van der Waals surface area contributed by atoms with Crippen LogP contribution >= 0.6 is 11.8 Å². The number of ether oxygens (including phenoxy) is 1. The summed E-state index contributed by atoms with van der Waals surface area (Å²) in [6.07, 6.45) is 3.78. The maximum Gasteiger partial charge on any atom is 0.205 e. The van der Waals surface area contributed by atoms with E-state index in [9.17, 15) is 9.59 Å². The van der Waals surface area contributed by atoms with Gasteiger partial charge in [0.25, 0.3) is 0 Å². The topological polar surface area (TPSA) is 72.0 Å².